The summed E-state index contributed by atoms with van der Waals surface area (Å²) in [5, 5.41) is 17.6. The van der Waals surface area contributed by atoms with Gasteiger partial charge in [0, 0.05) is 18.8 Å². The number of aliphatic hydroxyl groups excluding tert-OH is 1. The van der Waals surface area contributed by atoms with E-state index in [1.807, 2.05) is 6.92 Å². The van der Waals surface area contributed by atoms with Crippen LogP contribution in [0, 0.1) is 0 Å². The van der Waals surface area contributed by atoms with E-state index in [0.717, 1.165) is 12.1 Å². The zero-order valence-electron chi connectivity index (χ0n) is 13.0. The van der Waals surface area contributed by atoms with Gasteiger partial charge >= 0.3 is 6.09 Å². The van der Waals surface area contributed by atoms with Gasteiger partial charge in [0.1, 0.15) is 0 Å². The van der Waals surface area contributed by atoms with Crippen LogP contribution < -0.4 is 0 Å². The summed E-state index contributed by atoms with van der Waals surface area (Å²) in [6, 6.07) is 0. The Bertz CT molecular complexity index is 280. The van der Waals surface area contributed by atoms with Crippen LogP contribution in [0.3, 0.4) is 0 Å². The van der Waals surface area contributed by atoms with Gasteiger partial charge in [-0.15, -0.1) is 0 Å². The normalized spacial score (nSPS) is 11.7. The molecule has 0 aliphatic carbocycles. The zero-order chi connectivity index (χ0) is 15.2. The molecule has 0 rings (SSSR count). The molecule has 0 aliphatic heterocycles. The first-order chi connectivity index (χ1) is 9.61. The minimum Gasteiger partial charge on any atom is -0.465 e. The zero-order valence-corrected chi connectivity index (χ0v) is 13.0. The number of carboxylic acid groups (broad SMARTS) is 1. The number of aliphatic hydroxyl groups is 1. The molecule has 118 valence electrons. The molecule has 0 aromatic rings. The summed E-state index contributed by atoms with van der Waals surface area (Å²) in [6.07, 6.45) is 7.63. The van der Waals surface area contributed by atoms with Crippen LogP contribution in [0.5, 0.6) is 0 Å². The highest BCUT2D eigenvalue weighted by atomic mass is 16.4. The van der Waals surface area contributed by atoms with Gasteiger partial charge in [-0.25, -0.2) is 4.79 Å². The van der Waals surface area contributed by atoms with E-state index in [4.69, 9.17) is 10.2 Å². The summed E-state index contributed by atoms with van der Waals surface area (Å²) < 4.78 is 0. The third-order valence-corrected chi connectivity index (χ3v) is 3.28. The van der Waals surface area contributed by atoms with E-state index >= 15 is 0 Å². The number of carbonyl (C=O) groups is 1. The van der Waals surface area contributed by atoms with Crippen LogP contribution in [0.15, 0.2) is 4.99 Å². The van der Waals surface area contributed by atoms with Gasteiger partial charge in [-0.2, -0.15) is 0 Å². The Kier molecular flexibility index (Phi) is 12.2. The van der Waals surface area contributed by atoms with Gasteiger partial charge in [-0.1, -0.05) is 39.0 Å². The van der Waals surface area contributed by atoms with E-state index in [0.29, 0.717) is 13.1 Å². The summed E-state index contributed by atoms with van der Waals surface area (Å²) in [7, 11) is 0. The van der Waals surface area contributed by atoms with Gasteiger partial charge in [0.25, 0.3) is 0 Å². The first-order valence-electron chi connectivity index (χ1n) is 7.70. The molecule has 0 saturated carbocycles. The average molecular weight is 286 g/mol. The smallest absolute Gasteiger partial charge is 0.407 e. The van der Waals surface area contributed by atoms with Crippen LogP contribution in [0.4, 0.5) is 4.79 Å². The molecule has 5 nitrogen and oxygen atoms in total. The molecule has 0 aromatic heterocycles. The molecule has 0 fully saturated rings. The number of aliphatic imine (C=N–C) groups is 1. The van der Waals surface area contributed by atoms with Crippen molar-refractivity contribution >= 4 is 11.8 Å². The van der Waals surface area contributed by atoms with Crippen LogP contribution >= 0.6 is 0 Å². The lowest BCUT2D eigenvalue weighted by molar-refractivity contribution is 0.133. The van der Waals surface area contributed by atoms with Crippen molar-refractivity contribution < 1.29 is 15.0 Å². The summed E-state index contributed by atoms with van der Waals surface area (Å²) in [4.78, 5) is 16.4. The van der Waals surface area contributed by atoms with Crippen LogP contribution in [0.25, 0.3) is 0 Å². The van der Waals surface area contributed by atoms with Gasteiger partial charge in [0.05, 0.1) is 13.2 Å². The molecule has 5 heteroatoms. The molecule has 0 radical (unpaired) electrons. The lowest BCUT2D eigenvalue weighted by Crippen LogP contribution is -2.34. The summed E-state index contributed by atoms with van der Waals surface area (Å²) in [6.45, 7) is 5.06. The van der Waals surface area contributed by atoms with Crippen LogP contribution in [-0.2, 0) is 0 Å². The van der Waals surface area contributed by atoms with Crippen molar-refractivity contribution in [1.82, 2.24) is 4.90 Å². The Morgan fingerprint density at radius 2 is 1.75 bits per heavy atom. The summed E-state index contributed by atoms with van der Waals surface area (Å²) in [5.74, 6) is 0. The molecule has 0 saturated heterocycles. The van der Waals surface area contributed by atoms with E-state index in [1.54, 1.807) is 0 Å². The van der Waals surface area contributed by atoms with Crippen molar-refractivity contribution in [2.75, 3.05) is 26.2 Å². The molecule has 20 heavy (non-hydrogen) atoms. The van der Waals surface area contributed by atoms with Crippen LogP contribution in [0.2, 0.25) is 0 Å². The van der Waals surface area contributed by atoms with E-state index in [-0.39, 0.29) is 13.2 Å². The van der Waals surface area contributed by atoms with Gasteiger partial charge in [-0.3, -0.25) is 4.99 Å². The highest BCUT2D eigenvalue weighted by Crippen LogP contribution is 2.07. The van der Waals surface area contributed by atoms with Gasteiger partial charge in [0.15, 0.2) is 0 Å². The van der Waals surface area contributed by atoms with E-state index in [2.05, 4.69) is 11.9 Å². The fraction of sp³-hybridized carbons (Fsp3) is 0.867. The topological polar surface area (TPSA) is 73.1 Å². The summed E-state index contributed by atoms with van der Waals surface area (Å²) >= 11 is 0. The maximum Gasteiger partial charge on any atom is 0.407 e. The lowest BCUT2D eigenvalue weighted by Gasteiger charge is -2.16. The molecule has 0 aromatic carbocycles. The first-order valence-corrected chi connectivity index (χ1v) is 7.70. The number of rotatable bonds is 12. The molecule has 1 amide bonds. The minimum absolute atomic E-state index is 0.146. The van der Waals surface area contributed by atoms with Crippen molar-refractivity contribution in [3.05, 3.63) is 0 Å². The fourth-order valence-corrected chi connectivity index (χ4v) is 2.03. The van der Waals surface area contributed by atoms with Crippen LogP contribution in [0.1, 0.15) is 58.8 Å². The molecule has 0 unspecified atom stereocenters. The highest BCUT2D eigenvalue weighted by molar-refractivity contribution is 5.81. The molecule has 0 atom stereocenters. The second-order valence-corrected chi connectivity index (χ2v) is 5.13. The quantitative estimate of drug-likeness (QED) is 0.427. The monoisotopic (exact) mass is 286 g/mol. The Morgan fingerprint density at radius 3 is 2.35 bits per heavy atom. The summed E-state index contributed by atoms with van der Waals surface area (Å²) in [5.41, 5.74) is 1.09. The van der Waals surface area contributed by atoms with Gasteiger partial charge in [0.2, 0.25) is 0 Å². The third kappa shape index (κ3) is 10.8. The van der Waals surface area contributed by atoms with E-state index in [9.17, 15) is 4.79 Å². The highest BCUT2D eigenvalue weighted by Gasteiger charge is 2.09. The number of unbranched alkanes of at least 4 members (excludes halogenated alkanes) is 5. The Morgan fingerprint density at radius 1 is 1.10 bits per heavy atom. The molecule has 0 bridgehead atoms. The molecular weight excluding hydrogens is 256 g/mol. The standard InChI is InChI=1S/C15H30N2O3/c1-3-4-5-6-7-8-9-14(2)16-10-11-17(12-13-18)15(19)20/h18H,3-13H2,1-2H3,(H,19,20). The van der Waals surface area contributed by atoms with E-state index < -0.39 is 6.09 Å². The fourth-order valence-electron chi connectivity index (χ4n) is 2.03. The van der Waals surface area contributed by atoms with Gasteiger partial charge < -0.3 is 15.1 Å². The second-order valence-electron chi connectivity index (χ2n) is 5.13. The molecule has 2 N–H and O–H groups in total. The average Bonchev–Trinajstić information content (AvgIpc) is 2.41. The number of hydrogen-bond acceptors (Lipinski definition) is 3. The molecular formula is C15H30N2O3. The predicted octanol–water partition coefficient (Wildman–Crippen LogP) is 3.17. The van der Waals surface area contributed by atoms with Crippen molar-refractivity contribution in [2.24, 2.45) is 4.99 Å². The molecule has 0 spiro atoms. The van der Waals surface area contributed by atoms with Gasteiger partial charge in [-0.05, 0) is 19.8 Å². The van der Waals surface area contributed by atoms with Crippen LogP contribution in [-0.4, -0.2) is 53.2 Å². The van der Waals surface area contributed by atoms with Crippen molar-refractivity contribution in [3.63, 3.8) is 0 Å². The molecule has 0 aliphatic rings. The van der Waals surface area contributed by atoms with Crippen molar-refractivity contribution in [3.8, 4) is 0 Å². The lowest BCUT2D eigenvalue weighted by atomic mass is 10.1. The maximum absolute atomic E-state index is 10.8. The number of nitrogens with zero attached hydrogens (tertiary/aromatic N) is 2. The predicted molar refractivity (Wildman–Crippen MR) is 82.7 cm³/mol. The number of hydrogen-bond donors (Lipinski definition) is 2. The SMILES string of the molecule is CCCCCCCCC(C)=NCCN(CCO)C(=O)O. The largest absolute Gasteiger partial charge is 0.465 e. The Balaban J connectivity index is 3.70. The van der Waals surface area contributed by atoms with Crippen molar-refractivity contribution in [1.29, 1.82) is 0 Å². The Labute approximate surface area is 122 Å². The molecule has 0 heterocycles. The maximum atomic E-state index is 10.8. The second kappa shape index (κ2) is 12.9. The minimum atomic E-state index is -0.997. The Hall–Kier alpha value is -1.10. The van der Waals surface area contributed by atoms with Crippen molar-refractivity contribution in [2.45, 2.75) is 58.8 Å². The van der Waals surface area contributed by atoms with E-state index in [1.165, 1.54) is 43.4 Å². The first kappa shape index (κ1) is 18.9. The third-order valence-electron chi connectivity index (χ3n) is 3.28. The number of amides is 1.